The highest BCUT2D eigenvalue weighted by Gasteiger charge is 2.20. The molecule has 32 heavy (non-hydrogen) atoms. The van der Waals surface area contributed by atoms with E-state index in [1.165, 1.54) is 10.5 Å². The van der Waals surface area contributed by atoms with Crippen LogP contribution in [0, 0.1) is 6.92 Å². The number of ether oxygens (including phenoxy) is 1. The molecule has 1 N–H and O–H groups in total. The molecular weight excluding hydrogens is 414 g/mol. The van der Waals surface area contributed by atoms with Gasteiger partial charge >= 0.3 is 0 Å². The lowest BCUT2D eigenvalue weighted by Crippen LogP contribution is -2.32. The van der Waals surface area contributed by atoms with Gasteiger partial charge in [-0.05, 0) is 54.1 Å². The van der Waals surface area contributed by atoms with Crippen molar-refractivity contribution in [1.29, 1.82) is 0 Å². The SMILES string of the molecule is CC[C@@H](Oc1cccc2ccccc12)C(=O)Nc1ccc(CSc2ccccc2)cc1C. The maximum Gasteiger partial charge on any atom is 0.265 e. The molecule has 4 aromatic rings. The highest BCUT2D eigenvalue weighted by molar-refractivity contribution is 7.98. The van der Waals surface area contributed by atoms with Crippen molar-refractivity contribution in [2.75, 3.05) is 5.32 Å². The lowest BCUT2D eigenvalue weighted by molar-refractivity contribution is -0.122. The number of benzene rings is 4. The monoisotopic (exact) mass is 441 g/mol. The van der Waals surface area contributed by atoms with E-state index in [1.54, 1.807) is 11.8 Å². The van der Waals surface area contributed by atoms with Crippen LogP contribution in [-0.2, 0) is 10.5 Å². The van der Waals surface area contributed by atoms with Crippen molar-refractivity contribution >= 4 is 34.1 Å². The quantitative estimate of drug-likeness (QED) is 0.293. The fourth-order valence-electron chi connectivity index (χ4n) is 3.63. The van der Waals surface area contributed by atoms with Crippen molar-refractivity contribution < 1.29 is 9.53 Å². The van der Waals surface area contributed by atoms with Gasteiger partial charge in [0.2, 0.25) is 0 Å². The molecule has 0 saturated heterocycles. The van der Waals surface area contributed by atoms with Crippen LogP contribution in [0.5, 0.6) is 5.75 Å². The van der Waals surface area contributed by atoms with E-state index >= 15 is 0 Å². The van der Waals surface area contributed by atoms with E-state index in [0.717, 1.165) is 33.5 Å². The molecule has 0 unspecified atom stereocenters. The Bertz CT molecular complexity index is 1200. The summed E-state index contributed by atoms with van der Waals surface area (Å²) in [6.07, 6.45) is 0.0217. The van der Waals surface area contributed by atoms with E-state index in [9.17, 15) is 4.79 Å². The number of hydrogen-bond donors (Lipinski definition) is 1. The van der Waals surface area contributed by atoms with Crippen LogP contribution in [-0.4, -0.2) is 12.0 Å². The van der Waals surface area contributed by atoms with E-state index in [2.05, 4.69) is 41.7 Å². The number of carbonyl (C=O) groups excluding carboxylic acids is 1. The fraction of sp³-hybridized carbons (Fsp3) is 0.179. The molecule has 0 aromatic heterocycles. The Kier molecular flexibility index (Phi) is 7.13. The molecule has 3 nitrogen and oxygen atoms in total. The Morgan fingerprint density at radius 1 is 0.938 bits per heavy atom. The van der Waals surface area contributed by atoms with Crippen LogP contribution in [0.3, 0.4) is 0 Å². The summed E-state index contributed by atoms with van der Waals surface area (Å²) in [7, 11) is 0. The number of hydrogen-bond acceptors (Lipinski definition) is 3. The third-order valence-electron chi connectivity index (χ3n) is 5.38. The van der Waals surface area contributed by atoms with Gasteiger partial charge in [0, 0.05) is 21.7 Å². The molecule has 1 amide bonds. The van der Waals surface area contributed by atoms with E-state index < -0.39 is 6.10 Å². The van der Waals surface area contributed by atoms with Crippen LogP contribution in [0.1, 0.15) is 24.5 Å². The zero-order valence-electron chi connectivity index (χ0n) is 18.4. The van der Waals surface area contributed by atoms with Crippen molar-refractivity contribution in [3.8, 4) is 5.75 Å². The van der Waals surface area contributed by atoms with Gasteiger partial charge in [-0.15, -0.1) is 11.8 Å². The van der Waals surface area contributed by atoms with Gasteiger partial charge in [0.25, 0.3) is 5.91 Å². The van der Waals surface area contributed by atoms with Crippen LogP contribution < -0.4 is 10.1 Å². The Morgan fingerprint density at radius 2 is 1.69 bits per heavy atom. The third kappa shape index (κ3) is 5.32. The number of carbonyl (C=O) groups is 1. The Hall–Kier alpha value is -3.24. The minimum absolute atomic E-state index is 0.130. The maximum absolute atomic E-state index is 13.0. The lowest BCUT2D eigenvalue weighted by Gasteiger charge is -2.19. The first-order valence-electron chi connectivity index (χ1n) is 10.9. The van der Waals surface area contributed by atoms with Crippen molar-refractivity contribution in [3.63, 3.8) is 0 Å². The molecule has 0 fully saturated rings. The minimum Gasteiger partial charge on any atom is -0.480 e. The second-order valence-electron chi connectivity index (χ2n) is 7.73. The highest BCUT2D eigenvalue weighted by Crippen LogP contribution is 2.28. The largest absolute Gasteiger partial charge is 0.480 e. The molecule has 0 bridgehead atoms. The average molecular weight is 442 g/mol. The number of aryl methyl sites for hydroxylation is 1. The van der Waals surface area contributed by atoms with Crippen molar-refractivity contribution in [3.05, 3.63) is 102 Å². The standard InChI is InChI=1S/C28H27NO2S/c1-3-26(31-27-15-9-11-22-10-7-8-14-24(22)27)28(30)29-25-17-16-21(18-20(25)2)19-32-23-12-5-4-6-13-23/h4-18,26H,3,19H2,1-2H3,(H,29,30)/t26-/m1/s1. The maximum atomic E-state index is 13.0. The summed E-state index contributed by atoms with van der Waals surface area (Å²) in [5.41, 5.74) is 3.10. The zero-order chi connectivity index (χ0) is 22.3. The molecule has 0 aliphatic carbocycles. The van der Waals surface area contributed by atoms with E-state index in [0.29, 0.717) is 6.42 Å². The predicted molar refractivity (Wildman–Crippen MR) is 134 cm³/mol. The van der Waals surface area contributed by atoms with Gasteiger partial charge in [0.1, 0.15) is 5.75 Å². The van der Waals surface area contributed by atoms with Gasteiger partial charge < -0.3 is 10.1 Å². The van der Waals surface area contributed by atoms with Crippen LogP contribution in [0.2, 0.25) is 0 Å². The molecule has 1 atom stereocenters. The summed E-state index contributed by atoms with van der Waals surface area (Å²) in [5.74, 6) is 1.49. The lowest BCUT2D eigenvalue weighted by atomic mass is 10.1. The van der Waals surface area contributed by atoms with Crippen molar-refractivity contribution in [2.45, 2.75) is 37.0 Å². The van der Waals surface area contributed by atoms with E-state index in [4.69, 9.17) is 4.74 Å². The number of nitrogens with one attached hydrogen (secondary N) is 1. The van der Waals surface area contributed by atoms with E-state index in [1.807, 2.05) is 68.4 Å². The van der Waals surface area contributed by atoms with Gasteiger partial charge in [-0.25, -0.2) is 0 Å². The second kappa shape index (κ2) is 10.4. The second-order valence-corrected chi connectivity index (χ2v) is 8.78. The Labute approximate surface area is 193 Å². The summed E-state index contributed by atoms with van der Waals surface area (Å²) in [6, 6.07) is 30.5. The van der Waals surface area contributed by atoms with Gasteiger partial charge in [-0.1, -0.05) is 73.7 Å². The molecule has 162 valence electrons. The molecule has 0 spiro atoms. The number of anilines is 1. The summed E-state index contributed by atoms with van der Waals surface area (Å²) in [5, 5.41) is 5.17. The number of rotatable bonds is 8. The number of fused-ring (bicyclic) bond motifs is 1. The summed E-state index contributed by atoms with van der Waals surface area (Å²) in [4.78, 5) is 14.2. The van der Waals surface area contributed by atoms with Crippen LogP contribution in [0.4, 0.5) is 5.69 Å². The first-order valence-corrected chi connectivity index (χ1v) is 11.9. The third-order valence-corrected chi connectivity index (χ3v) is 6.46. The fourth-order valence-corrected chi connectivity index (χ4v) is 4.49. The molecule has 0 aliphatic heterocycles. The topological polar surface area (TPSA) is 38.3 Å². The van der Waals surface area contributed by atoms with Gasteiger partial charge in [0.15, 0.2) is 6.10 Å². The Morgan fingerprint density at radius 3 is 2.47 bits per heavy atom. The summed E-state index contributed by atoms with van der Waals surface area (Å²) in [6.45, 7) is 3.99. The molecule has 4 heteroatoms. The smallest absolute Gasteiger partial charge is 0.265 e. The first-order chi connectivity index (χ1) is 15.6. The summed E-state index contributed by atoms with van der Waals surface area (Å²) >= 11 is 1.81. The van der Waals surface area contributed by atoms with Gasteiger partial charge in [-0.3, -0.25) is 4.79 Å². The molecule has 0 radical (unpaired) electrons. The molecule has 0 saturated carbocycles. The predicted octanol–water partition coefficient (Wildman–Crippen LogP) is 7.24. The van der Waals surface area contributed by atoms with Crippen LogP contribution >= 0.6 is 11.8 Å². The highest BCUT2D eigenvalue weighted by atomic mass is 32.2. The molecule has 0 heterocycles. The van der Waals surface area contributed by atoms with Crippen LogP contribution in [0.15, 0.2) is 95.9 Å². The number of thioether (sulfide) groups is 1. The molecule has 4 aromatic carbocycles. The Balaban J connectivity index is 1.42. The van der Waals surface area contributed by atoms with Crippen LogP contribution in [0.25, 0.3) is 10.8 Å². The first kappa shape index (κ1) is 22.0. The molecule has 4 rings (SSSR count). The van der Waals surface area contributed by atoms with Gasteiger partial charge in [-0.2, -0.15) is 0 Å². The van der Waals surface area contributed by atoms with E-state index in [-0.39, 0.29) is 5.91 Å². The molecular formula is C28H27NO2S. The number of amides is 1. The molecule has 0 aliphatic rings. The van der Waals surface area contributed by atoms with Gasteiger partial charge in [0.05, 0.1) is 0 Å². The van der Waals surface area contributed by atoms with Crippen molar-refractivity contribution in [1.82, 2.24) is 0 Å². The average Bonchev–Trinajstić information content (AvgIpc) is 2.83. The normalized spacial score (nSPS) is 11.8. The minimum atomic E-state index is -0.562. The summed E-state index contributed by atoms with van der Waals surface area (Å²) < 4.78 is 6.15. The van der Waals surface area contributed by atoms with Crippen molar-refractivity contribution in [2.24, 2.45) is 0 Å². The zero-order valence-corrected chi connectivity index (χ0v) is 19.2.